The van der Waals surface area contributed by atoms with Crippen molar-refractivity contribution in [2.45, 2.75) is 18.6 Å². The summed E-state index contributed by atoms with van der Waals surface area (Å²) >= 11 is 1.29. The summed E-state index contributed by atoms with van der Waals surface area (Å²) in [4.78, 5) is 14.2. The summed E-state index contributed by atoms with van der Waals surface area (Å²) in [6, 6.07) is 1.76. The average molecular weight is 281 g/mol. The number of nitrogens with zero attached hydrogens (tertiary/aromatic N) is 1. The molecule has 0 bridgehead atoms. The van der Waals surface area contributed by atoms with Gasteiger partial charge in [-0.2, -0.15) is 0 Å². The normalized spacial score (nSPS) is 22.2. The van der Waals surface area contributed by atoms with Crippen molar-refractivity contribution < 1.29 is 20.1 Å². The Bertz CT molecular complexity index is 506. The van der Waals surface area contributed by atoms with E-state index in [-0.39, 0.29) is 25.6 Å². The smallest absolute Gasteiger partial charge is 0.265 e. The molecule has 102 valence electrons. The molecule has 5 nitrogen and oxygen atoms in total. The van der Waals surface area contributed by atoms with Gasteiger partial charge in [-0.25, -0.2) is 0 Å². The molecule has 1 aliphatic heterocycles. The van der Waals surface area contributed by atoms with E-state index in [4.69, 9.17) is 5.11 Å². The Labute approximate surface area is 115 Å². The number of carbonyl (C=O) groups excluding carboxylic acids is 1. The molecule has 1 amide bonds. The lowest BCUT2D eigenvalue weighted by Crippen LogP contribution is -2.29. The van der Waals surface area contributed by atoms with Crippen LogP contribution >= 0.6 is 11.3 Å². The molecule has 0 saturated carbocycles. The Morgan fingerprint density at radius 2 is 2.11 bits per heavy atom. The maximum atomic E-state index is 12.2. The van der Waals surface area contributed by atoms with Crippen LogP contribution in [0.3, 0.4) is 0 Å². The summed E-state index contributed by atoms with van der Waals surface area (Å²) in [6.45, 7) is 0.272. The molecule has 2 rings (SSSR count). The zero-order chi connectivity index (χ0) is 13.8. The highest BCUT2D eigenvalue weighted by atomic mass is 32.1. The van der Waals surface area contributed by atoms with E-state index < -0.39 is 12.2 Å². The Hall–Kier alpha value is -1.39. The van der Waals surface area contributed by atoms with E-state index in [0.29, 0.717) is 16.9 Å². The first kappa shape index (κ1) is 14.0. The van der Waals surface area contributed by atoms with Gasteiger partial charge in [0.2, 0.25) is 0 Å². The highest BCUT2D eigenvalue weighted by Gasteiger charge is 2.33. The van der Waals surface area contributed by atoms with Crippen LogP contribution in [0, 0.1) is 11.8 Å². The van der Waals surface area contributed by atoms with Crippen LogP contribution in [-0.2, 0) is 0 Å². The molecule has 2 unspecified atom stereocenters. The van der Waals surface area contributed by atoms with Crippen LogP contribution in [0.15, 0.2) is 11.4 Å². The minimum atomic E-state index is -0.882. The third-order valence-corrected chi connectivity index (χ3v) is 3.77. The average Bonchev–Trinajstić information content (AvgIpc) is 2.97. The van der Waals surface area contributed by atoms with Gasteiger partial charge in [0.15, 0.2) is 0 Å². The number of amides is 1. The molecular weight excluding hydrogens is 266 g/mol. The molecule has 3 N–H and O–H groups in total. The predicted octanol–water partition coefficient (Wildman–Crippen LogP) is -0.340. The topological polar surface area (TPSA) is 81.0 Å². The highest BCUT2D eigenvalue weighted by Crippen LogP contribution is 2.21. The molecule has 19 heavy (non-hydrogen) atoms. The van der Waals surface area contributed by atoms with Gasteiger partial charge in [0.25, 0.3) is 5.91 Å². The molecule has 0 spiro atoms. The maximum Gasteiger partial charge on any atom is 0.265 e. The second kappa shape index (κ2) is 6.17. The third-order valence-electron chi connectivity index (χ3n) is 2.87. The lowest BCUT2D eigenvalue weighted by molar-refractivity contribution is 0.0572. The fourth-order valence-electron chi connectivity index (χ4n) is 1.87. The first-order chi connectivity index (χ1) is 9.13. The summed E-state index contributed by atoms with van der Waals surface area (Å²) in [5.74, 6) is 5.40. The molecule has 0 aliphatic carbocycles. The van der Waals surface area contributed by atoms with Crippen molar-refractivity contribution in [2.75, 3.05) is 19.7 Å². The van der Waals surface area contributed by atoms with Crippen molar-refractivity contribution >= 4 is 17.2 Å². The zero-order valence-corrected chi connectivity index (χ0v) is 11.1. The molecule has 2 heterocycles. The van der Waals surface area contributed by atoms with Gasteiger partial charge < -0.3 is 20.2 Å². The molecule has 1 saturated heterocycles. The van der Waals surface area contributed by atoms with E-state index in [9.17, 15) is 15.0 Å². The molecule has 2 atom stereocenters. The fourth-order valence-corrected chi connectivity index (χ4v) is 2.68. The molecular formula is C13H15NO4S. The lowest BCUT2D eigenvalue weighted by Gasteiger charge is -2.14. The number of carbonyl (C=O) groups is 1. The quantitative estimate of drug-likeness (QED) is 0.648. The fraction of sp³-hybridized carbons (Fsp3) is 0.462. The number of hydrogen-bond acceptors (Lipinski definition) is 5. The molecule has 1 aromatic rings. The minimum Gasteiger partial charge on any atom is -0.395 e. The number of thiophene rings is 1. The van der Waals surface area contributed by atoms with Gasteiger partial charge in [0, 0.05) is 25.1 Å². The van der Waals surface area contributed by atoms with Crippen LogP contribution in [0.25, 0.3) is 0 Å². The molecule has 0 radical (unpaired) electrons. The van der Waals surface area contributed by atoms with Crippen LogP contribution in [0.1, 0.15) is 21.7 Å². The lowest BCUT2D eigenvalue weighted by atomic mass is 10.2. The van der Waals surface area contributed by atoms with Gasteiger partial charge in [-0.1, -0.05) is 11.8 Å². The zero-order valence-electron chi connectivity index (χ0n) is 10.2. The van der Waals surface area contributed by atoms with Gasteiger partial charge in [-0.05, 0) is 11.4 Å². The maximum absolute atomic E-state index is 12.2. The van der Waals surface area contributed by atoms with E-state index >= 15 is 0 Å². The number of hydrogen-bond donors (Lipinski definition) is 3. The van der Waals surface area contributed by atoms with E-state index in [2.05, 4.69) is 11.8 Å². The molecule has 6 heteroatoms. The first-order valence-electron chi connectivity index (χ1n) is 5.96. The van der Waals surface area contributed by atoms with Crippen molar-refractivity contribution in [3.8, 4) is 11.8 Å². The van der Waals surface area contributed by atoms with Crippen LogP contribution in [0.2, 0.25) is 0 Å². The Balaban J connectivity index is 2.13. The molecule has 1 aliphatic rings. The van der Waals surface area contributed by atoms with Crippen molar-refractivity contribution in [2.24, 2.45) is 0 Å². The van der Waals surface area contributed by atoms with Crippen molar-refractivity contribution in [3.05, 3.63) is 21.9 Å². The van der Waals surface area contributed by atoms with Crippen molar-refractivity contribution in [1.29, 1.82) is 0 Å². The summed E-state index contributed by atoms with van der Waals surface area (Å²) in [7, 11) is 0. The molecule has 1 fully saturated rings. The van der Waals surface area contributed by atoms with Gasteiger partial charge in [0.1, 0.15) is 4.88 Å². The van der Waals surface area contributed by atoms with Crippen LogP contribution < -0.4 is 0 Å². The van der Waals surface area contributed by atoms with E-state index in [1.807, 2.05) is 0 Å². The Morgan fingerprint density at radius 3 is 2.74 bits per heavy atom. The van der Waals surface area contributed by atoms with Gasteiger partial charge in [0.05, 0.1) is 18.8 Å². The first-order valence-corrected chi connectivity index (χ1v) is 6.84. The van der Waals surface area contributed by atoms with Crippen LogP contribution in [0.4, 0.5) is 0 Å². The minimum absolute atomic E-state index is 0.00900. The third kappa shape index (κ3) is 3.14. The largest absolute Gasteiger partial charge is 0.395 e. The number of rotatable bonds is 2. The Kier molecular flexibility index (Phi) is 4.56. The Morgan fingerprint density at radius 1 is 1.42 bits per heavy atom. The second-order valence-corrected chi connectivity index (χ2v) is 5.20. The molecule has 0 aromatic carbocycles. The van der Waals surface area contributed by atoms with E-state index in [1.165, 1.54) is 16.2 Å². The summed E-state index contributed by atoms with van der Waals surface area (Å²) in [5.41, 5.74) is 0.624. The van der Waals surface area contributed by atoms with Crippen LogP contribution in [-0.4, -0.2) is 58.0 Å². The second-order valence-electron chi connectivity index (χ2n) is 4.28. The number of aliphatic hydroxyl groups excluding tert-OH is 3. The standard InChI is InChI=1S/C13H15NO4S/c15-5-2-1-3-9-4-6-19-12(9)13(18)14-7-10(16)11(17)8-14/h4,6,10-11,15-17H,2,5,7-8H2. The van der Waals surface area contributed by atoms with Gasteiger partial charge in [-0.15, -0.1) is 11.3 Å². The van der Waals surface area contributed by atoms with Gasteiger partial charge >= 0.3 is 0 Å². The van der Waals surface area contributed by atoms with Crippen molar-refractivity contribution in [1.82, 2.24) is 4.90 Å². The SMILES string of the molecule is O=C(c1sccc1C#CCCO)N1CC(O)C(O)C1. The van der Waals surface area contributed by atoms with Crippen molar-refractivity contribution in [3.63, 3.8) is 0 Å². The van der Waals surface area contributed by atoms with Gasteiger partial charge in [-0.3, -0.25) is 4.79 Å². The predicted molar refractivity (Wildman–Crippen MR) is 70.8 cm³/mol. The summed E-state index contributed by atoms with van der Waals surface area (Å²) < 4.78 is 0. The molecule has 1 aromatic heterocycles. The summed E-state index contributed by atoms with van der Waals surface area (Å²) in [5, 5.41) is 29.4. The van der Waals surface area contributed by atoms with Crippen LogP contribution in [0.5, 0.6) is 0 Å². The number of aliphatic hydroxyl groups is 3. The monoisotopic (exact) mass is 281 g/mol. The number of likely N-dealkylation sites (tertiary alicyclic amines) is 1. The highest BCUT2D eigenvalue weighted by molar-refractivity contribution is 7.12. The number of β-amino-alcohol motifs (C(OH)–C–C–N with tert-alkyl or cyclic N) is 2. The summed E-state index contributed by atoms with van der Waals surface area (Å²) in [6.07, 6.45) is -1.40. The van der Waals surface area contributed by atoms with E-state index in [0.717, 1.165) is 0 Å². The van der Waals surface area contributed by atoms with E-state index in [1.54, 1.807) is 11.4 Å².